The van der Waals surface area contributed by atoms with Gasteiger partial charge in [0.1, 0.15) is 18.9 Å². The number of fused-ring (bicyclic) bond motifs is 1. The zero-order chi connectivity index (χ0) is 20.2. The van der Waals surface area contributed by atoms with Crippen LogP contribution in [0.3, 0.4) is 0 Å². The van der Waals surface area contributed by atoms with Gasteiger partial charge in [0.25, 0.3) is 5.91 Å². The third-order valence-corrected chi connectivity index (χ3v) is 4.37. The van der Waals surface area contributed by atoms with Crippen LogP contribution < -0.4 is 20.1 Å². The Hall–Kier alpha value is -3.87. The number of ketones is 1. The molecule has 7 nitrogen and oxygen atoms in total. The van der Waals surface area contributed by atoms with Crippen molar-refractivity contribution in [3.05, 3.63) is 72.1 Å². The van der Waals surface area contributed by atoms with Gasteiger partial charge < -0.3 is 20.1 Å². The summed E-state index contributed by atoms with van der Waals surface area (Å²) in [7, 11) is 0. The second-order valence-corrected chi connectivity index (χ2v) is 6.50. The van der Waals surface area contributed by atoms with Gasteiger partial charge in [-0.05, 0) is 55.5 Å². The first-order valence-corrected chi connectivity index (χ1v) is 9.13. The molecule has 1 aromatic heterocycles. The minimum absolute atomic E-state index is 0.0255. The van der Waals surface area contributed by atoms with Gasteiger partial charge >= 0.3 is 0 Å². The number of rotatable bonds is 5. The first kappa shape index (κ1) is 18.5. The van der Waals surface area contributed by atoms with Crippen LogP contribution in [-0.2, 0) is 0 Å². The van der Waals surface area contributed by atoms with E-state index in [-0.39, 0.29) is 17.4 Å². The molecule has 0 saturated heterocycles. The predicted molar refractivity (Wildman–Crippen MR) is 109 cm³/mol. The molecular weight excluding hydrogens is 370 g/mol. The van der Waals surface area contributed by atoms with Crippen LogP contribution >= 0.6 is 0 Å². The Morgan fingerprint density at radius 1 is 0.862 bits per heavy atom. The summed E-state index contributed by atoms with van der Waals surface area (Å²) in [5.74, 6) is 1.03. The highest BCUT2D eigenvalue weighted by Gasteiger charge is 2.13. The fourth-order valence-electron chi connectivity index (χ4n) is 2.90. The van der Waals surface area contributed by atoms with E-state index in [0.29, 0.717) is 41.7 Å². The maximum Gasteiger partial charge on any atom is 0.274 e. The standard InChI is InChI=1S/C22H19N3O4/c1-14(26)15-2-4-16(5-3-15)25-22(27)19-12-18(8-9-23-19)24-17-6-7-20-21(13-17)29-11-10-28-20/h2-9,12-13H,10-11H2,1H3,(H,23,24)(H,25,27). The van der Waals surface area contributed by atoms with Crippen molar-refractivity contribution in [2.24, 2.45) is 0 Å². The number of aromatic nitrogens is 1. The second-order valence-electron chi connectivity index (χ2n) is 6.50. The van der Waals surface area contributed by atoms with E-state index in [1.807, 2.05) is 18.2 Å². The van der Waals surface area contributed by atoms with Gasteiger partial charge in [0, 0.05) is 34.9 Å². The normalized spacial score (nSPS) is 12.2. The number of carbonyl (C=O) groups is 2. The molecule has 4 rings (SSSR count). The van der Waals surface area contributed by atoms with Crippen LogP contribution in [0, 0.1) is 0 Å². The second kappa shape index (κ2) is 8.02. The van der Waals surface area contributed by atoms with Crippen LogP contribution in [0.25, 0.3) is 0 Å². The number of Topliss-reactive ketones (excluding diaryl/α,β-unsaturated/α-hetero) is 1. The molecule has 0 spiro atoms. The van der Waals surface area contributed by atoms with Crippen LogP contribution in [0.15, 0.2) is 60.8 Å². The molecule has 0 atom stereocenters. The van der Waals surface area contributed by atoms with Crippen molar-refractivity contribution in [2.75, 3.05) is 23.8 Å². The molecule has 0 aliphatic carbocycles. The summed E-state index contributed by atoms with van der Waals surface area (Å²) in [6.45, 7) is 2.56. The van der Waals surface area contributed by atoms with Crippen LogP contribution in [0.1, 0.15) is 27.8 Å². The van der Waals surface area contributed by atoms with Gasteiger partial charge in [0.15, 0.2) is 17.3 Å². The average molecular weight is 389 g/mol. The number of nitrogens with zero attached hydrogens (tertiary/aromatic N) is 1. The highest BCUT2D eigenvalue weighted by atomic mass is 16.6. The van der Waals surface area contributed by atoms with Gasteiger partial charge in [-0.1, -0.05) is 0 Å². The molecule has 2 N–H and O–H groups in total. The number of benzene rings is 2. The van der Waals surface area contributed by atoms with Crippen molar-refractivity contribution < 1.29 is 19.1 Å². The number of ether oxygens (including phenoxy) is 2. The first-order chi connectivity index (χ1) is 14.1. The fourth-order valence-corrected chi connectivity index (χ4v) is 2.90. The highest BCUT2D eigenvalue weighted by molar-refractivity contribution is 6.03. The van der Waals surface area contributed by atoms with E-state index >= 15 is 0 Å². The monoisotopic (exact) mass is 389 g/mol. The van der Waals surface area contributed by atoms with Gasteiger partial charge in [-0.25, -0.2) is 0 Å². The number of nitrogens with one attached hydrogen (secondary N) is 2. The molecule has 0 fully saturated rings. The zero-order valence-corrected chi connectivity index (χ0v) is 15.8. The number of pyridine rings is 1. The van der Waals surface area contributed by atoms with Crippen molar-refractivity contribution in [3.8, 4) is 11.5 Å². The third-order valence-electron chi connectivity index (χ3n) is 4.37. The van der Waals surface area contributed by atoms with Crippen LogP contribution in [-0.4, -0.2) is 29.9 Å². The molecule has 2 aromatic carbocycles. The molecule has 146 valence electrons. The zero-order valence-electron chi connectivity index (χ0n) is 15.8. The minimum Gasteiger partial charge on any atom is -0.486 e. The Morgan fingerprint density at radius 3 is 2.31 bits per heavy atom. The van der Waals surface area contributed by atoms with E-state index in [1.54, 1.807) is 42.6 Å². The average Bonchev–Trinajstić information content (AvgIpc) is 2.74. The van der Waals surface area contributed by atoms with E-state index in [1.165, 1.54) is 6.92 Å². The van der Waals surface area contributed by atoms with E-state index in [0.717, 1.165) is 5.69 Å². The SMILES string of the molecule is CC(=O)c1ccc(NC(=O)c2cc(Nc3ccc4c(c3)OCCO4)ccn2)cc1. The summed E-state index contributed by atoms with van der Waals surface area (Å²) >= 11 is 0. The van der Waals surface area contributed by atoms with Gasteiger partial charge in [-0.15, -0.1) is 0 Å². The number of hydrogen-bond donors (Lipinski definition) is 2. The Labute approximate surface area is 167 Å². The molecule has 1 amide bonds. The van der Waals surface area contributed by atoms with Crippen LogP contribution in [0.4, 0.5) is 17.1 Å². The van der Waals surface area contributed by atoms with Crippen molar-refractivity contribution >= 4 is 28.8 Å². The number of amides is 1. The van der Waals surface area contributed by atoms with Gasteiger partial charge in [0.2, 0.25) is 0 Å². The smallest absolute Gasteiger partial charge is 0.274 e. The van der Waals surface area contributed by atoms with Gasteiger partial charge in [0.05, 0.1) is 0 Å². The molecule has 0 radical (unpaired) electrons. The lowest BCUT2D eigenvalue weighted by Gasteiger charge is -2.19. The van der Waals surface area contributed by atoms with Gasteiger partial charge in [-0.3, -0.25) is 14.6 Å². The van der Waals surface area contributed by atoms with E-state index < -0.39 is 0 Å². The van der Waals surface area contributed by atoms with Crippen molar-refractivity contribution in [1.29, 1.82) is 0 Å². The van der Waals surface area contributed by atoms with Crippen molar-refractivity contribution in [2.45, 2.75) is 6.92 Å². The third kappa shape index (κ3) is 4.35. The molecule has 0 bridgehead atoms. The van der Waals surface area contributed by atoms with Crippen molar-refractivity contribution in [1.82, 2.24) is 4.98 Å². The maximum absolute atomic E-state index is 12.5. The molecule has 0 unspecified atom stereocenters. The topological polar surface area (TPSA) is 89.6 Å². The van der Waals surface area contributed by atoms with Crippen molar-refractivity contribution in [3.63, 3.8) is 0 Å². The summed E-state index contributed by atoms with van der Waals surface area (Å²) in [6.07, 6.45) is 1.56. The Morgan fingerprint density at radius 2 is 1.55 bits per heavy atom. The van der Waals surface area contributed by atoms with Gasteiger partial charge in [-0.2, -0.15) is 0 Å². The predicted octanol–water partition coefficient (Wildman–Crippen LogP) is 4.05. The fraction of sp³-hybridized carbons (Fsp3) is 0.136. The van der Waals surface area contributed by atoms with E-state index in [2.05, 4.69) is 15.6 Å². The van der Waals surface area contributed by atoms with E-state index in [4.69, 9.17) is 9.47 Å². The molecule has 1 aliphatic rings. The summed E-state index contributed by atoms with van der Waals surface area (Å²) in [6, 6.07) is 15.7. The number of carbonyl (C=O) groups excluding carboxylic acids is 2. The number of hydrogen-bond acceptors (Lipinski definition) is 6. The molecule has 0 saturated carbocycles. The summed E-state index contributed by atoms with van der Waals surface area (Å²) in [5.41, 5.74) is 2.97. The lowest BCUT2D eigenvalue weighted by molar-refractivity contribution is 0.101. The van der Waals surface area contributed by atoms with E-state index in [9.17, 15) is 9.59 Å². The molecular formula is C22H19N3O4. The lowest BCUT2D eigenvalue weighted by Crippen LogP contribution is -2.15. The summed E-state index contributed by atoms with van der Waals surface area (Å²) < 4.78 is 11.1. The Bertz CT molecular complexity index is 1060. The maximum atomic E-state index is 12.5. The molecule has 1 aliphatic heterocycles. The lowest BCUT2D eigenvalue weighted by atomic mass is 10.1. The minimum atomic E-state index is -0.341. The number of anilines is 3. The summed E-state index contributed by atoms with van der Waals surface area (Å²) in [4.78, 5) is 28.0. The summed E-state index contributed by atoms with van der Waals surface area (Å²) in [5, 5.41) is 6.02. The molecule has 2 heterocycles. The Balaban J connectivity index is 1.46. The molecule has 7 heteroatoms. The quantitative estimate of drug-likeness (QED) is 0.640. The Kier molecular flexibility index (Phi) is 5.11. The molecule has 3 aromatic rings. The van der Waals surface area contributed by atoms with Crippen LogP contribution in [0.2, 0.25) is 0 Å². The molecule has 29 heavy (non-hydrogen) atoms. The van der Waals surface area contributed by atoms with Crippen LogP contribution in [0.5, 0.6) is 11.5 Å². The first-order valence-electron chi connectivity index (χ1n) is 9.13. The highest BCUT2D eigenvalue weighted by Crippen LogP contribution is 2.33. The largest absolute Gasteiger partial charge is 0.486 e.